The Balaban J connectivity index is 1.22. The van der Waals surface area contributed by atoms with E-state index in [1.54, 1.807) is 6.07 Å². The van der Waals surface area contributed by atoms with Crippen LogP contribution < -0.4 is 0 Å². The lowest BCUT2D eigenvalue weighted by Crippen LogP contribution is -2.01. The molecular weight excluding hydrogens is 640 g/mol. The second-order valence-corrected chi connectivity index (χ2v) is 13.7. The number of halogens is 1. The van der Waals surface area contributed by atoms with Gasteiger partial charge in [0.1, 0.15) is 5.82 Å². The molecule has 1 aliphatic rings. The number of nitrogens with zero attached hydrogens (tertiary/aromatic N) is 4. The van der Waals surface area contributed by atoms with Crippen LogP contribution in [-0.4, -0.2) is 19.1 Å². The zero-order valence-electron chi connectivity index (χ0n) is 28.5. The molecule has 3 heterocycles. The molecule has 0 spiro atoms. The third-order valence-corrected chi connectivity index (χ3v) is 10.3. The average Bonchev–Trinajstić information content (AvgIpc) is 3.71. The first-order chi connectivity index (χ1) is 25.6. The molecule has 0 aliphatic heterocycles. The highest BCUT2D eigenvalue weighted by atomic mass is 19.1. The lowest BCUT2D eigenvalue weighted by Gasteiger charge is -2.16. The lowest BCUT2D eigenvalue weighted by molar-refractivity contribution is 0.628. The minimum absolute atomic E-state index is 0.300. The van der Waals surface area contributed by atoms with Crippen molar-refractivity contribution in [2.24, 2.45) is 5.92 Å². The smallest absolute Gasteiger partial charge is 0.160 e. The predicted molar refractivity (Wildman–Crippen MR) is 213 cm³/mol. The van der Waals surface area contributed by atoms with Gasteiger partial charge in [-0.25, -0.2) is 14.4 Å². The summed E-state index contributed by atoms with van der Waals surface area (Å²) < 4.78 is 19.2. The topological polar surface area (TPSA) is 35.6 Å². The molecule has 248 valence electrons. The molecule has 9 aromatic rings. The molecular formula is C47H33FN4. The van der Waals surface area contributed by atoms with E-state index in [2.05, 4.69) is 119 Å². The van der Waals surface area contributed by atoms with Crippen LogP contribution in [0.5, 0.6) is 0 Å². The van der Waals surface area contributed by atoms with Gasteiger partial charge in [0, 0.05) is 49.6 Å². The number of fused-ring (bicyclic) bond motifs is 7. The van der Waals surface area contributed by atoms with Crippen LogP contribution in [-0.2, 0) is 0 Å². The first kappa shape index (κ1) is 30.3. The fraction of sp³-hybridized carbons (Fsp3) is 0.0638. The van der Waals surface area contributed by atoms with E-state index in [-0.39, 0.29) is 5.82 Å². The van der Waals surface area contributed by atoms with Crippen molar-refractivity contribution in [3.05, 3.63) is 170 Å². The van der Waals surface area contributed by atoms with Gasteiger partial charge in [0.05, 0.1) is 33.5 Å². The fourth-order valence-corrected chi connectivity index (χ4v) is 7.85. The monoisotopic (exact) mass is 672 g/mol. The van der Waals surface area contributed by atoms with Crippen molar-refractivity contribution >= 4 is 49.3 Å². The zero-order chi connectivity index (χ0) is 34.8. The quantitative estimate of drug-likeness (QED) is 0.182. The van der Waals surface area contributed by atoms with Crippen molar-refractivity contribution in [2.45, 2.75) is 13.3 Å². The minimum Gasteiger partial charge on any atom is -0.309 e. The van der Waals surface area contributed by atoms with Gasteiger partial charge < -0.3 is 9.13 Å². The summed E-state index contributed by atoms with van der Waals surface area (Å²) in [5, 5.41) is 4.92. The number of benzene rings is 6. The van der Waals surface area contributed by atoms with Crippen LogP contribution in [0.4, 0.5) is 4.39 Å². The number of rotatable bonds is 5. The molecule has 52 heavy (non-hydrogen) atoms. The largest absolute Gasteiger partial charge is 0.309 e. The molecule has 0 saturated carbocycles. The summed E-state index contributed by atoms with van der Waals surface area (Å²) in [6.45, 7) is 2.27. The van der Waals surface area contributed by atoms with Gasteiger partial charge in [0.15, 0.2) is 5.82 Å². The van der Waals surface area contributed by atoms with Crippen molar-refractivity contribution in [3.63, 3.8) is 0 Å². The molecule has 4 nitrogen and oxygen atoms in total. The molecule has 10 rings (SSSR count). The van der Waals surface area contributed by atoms with Gasteiger partial charge in [-0.2, -0.15) is 0 Å². The molecule has 0 fully saturated rings. The Morgan fingerprint density at radius 3 is 2.00 bits per heavy atom. The maximum absolute atomic E-state index is 14.4. The number of para-hydroxylation sites is 2. The van der Waals surface area contributed by atoms with E-state index in [1.165, 1.54) is 50.4 Å². The maximum Gasteiger partial charge on any atom is 0.160 e. The molecule has 3 aromatic heterocycles. The second-order valence-electron chi connectivity index (χ2n) is 13.7. The average molecular weight is 673 g/mol. The third-order valence-electron chi connectivity index (χ3n) is 10.3. The summed E-state index contributed by atoms with van der Waals surface area (Å²) in [5.41, 5.74) is 10.9. The van der Waals surface area contributed by atoms with Crippen LogP contribution in [0.2, 0.25) is 0 Å². The Labute approximate surface area is 300 Å². The van der Waals surface area contributed by atoms with E-state index in [9.17, 15) is 4.39 Å². The highest BCUT2D eigenvalue weighted by molar-refractivity contribution is 6.26. The van der Waals surface area contributed by atoms with E-state index in [0.29, 0.717) is 23.0 Å². The van der Waals surface area contributed by atoms with E-state index in [4.69, 9.17) is 9.97 Å². The van der Waals surface area contributed by atoms with Crippen molar-refractivity contribution in [2.75, 3.05) is 0 Å². The van der Waals surface area contributed by atoms with Crippen LogP contribution in [0.1, 0.15) is 13.3 Å². The Bertz CT molecular complexity index is 2910. The van der Waals surface area contributed by atoms with Gasteiger partial charge in [-0.15, -0.1) is 0 Å². The Morgan fingerprint density at radius 1 is 0.577 bits per heavy atom. The van der Waals surface area contributed by atoms with Gasteiger partial charge in [-0.3, -0.25) is 0 Å². The Morgan fingerprint density at radius 2 is 1.25 bits per heavy atom. The molecule has 0 radical (unpaired) electrons. The summed E-state index contributed by atoms with van der Waals surface area (Å²) in [7, 11) is 0. The standard InChI is InChI=1S/C47H33FN4/c1-30-21-23-35(24-22-30)52-42-19-7-5-17-37(42)38-25-26-44-45(46(38)52)39-18-6-8-20-43(39)51(44)36-16-10-14-33(28-36)41-29-40(32-13-9-15-34(48)27-32)49-47(50-41)31-11-3-2-4-12-31/h2-21,23-30H,22H2,1H3. The van der Waals surface area contributed by atoms with Crippen LogP contribution in [0, 0.1) is 11.7 Å². The maximum atomic E-state index is 14.4. The normalized spacial score (nSPS) is 14.5. The summed E-state index contributed by atoms with van der Waals surface area (Å²) >= 11 is 0. The molecule has 6 aromatic carbocycles. The summed E-state index contributed by atoms with van der Waals surface area (Å²) in [4.78, 5) is 9.97. The van der Waals surface area contributed by atoms with Gasteiger partial charge in [-0.05, 0) is 66.9 Å². The van der Waals surface area contributed by atoms with Crippen LogP contribution in [0.15, 0.2) is 164 Å². The first-order valence-corrected chi connectivity index (χ1v) is 17.8. The molecule has 0 N–H and O–H groups in total. The summed E-state index contributed by atoms with van der Waals surface area (Å²) in [6, 6.07) is 49.0. The number of aromatic nitrogens is 4. The molecule has 1 unspecified atom stereocenters. The highest BCUT2D eigenvalue weighted by Crippen LogP contribution is 2.43. The van der Waals surface area contributed by atoms with E-state index in [0.717, 1.165) is 40.0 Å². The van der Waals surface area contributed by atoms with Gasteiger partial charge >= 0.3 is 0 Å². The van der Waals surface area contributed by atoms with Crippen LogP contribution >= 0.6 is 0 Å². The molecule has 5 heteroatoms. The van der Waals surface area contributed by atoms with Crippen molar-refractivity contribution < 1.29 is 4.39 Å². The van der Waals surface area contributed by atoms with Crippen molar-refractivity contribution in [1.82, 2.24) is 19.1 Å². The fourth-order valence-electron chi connectivity index (χ4n) is 7.85. The van der Waals surface area contributed by atoms with Crippen molar-refractivity contribution in [3.8, 4) is 39.6 Å². The summed E-state index contributed by atoms with van der Waals surface area (Å²) in [6.07, 6.45) is 7.99. The van der Waals surface area contributed by atoms with Crippen molar-refractivity contribution in [1.29, 1.82) is 0 Å². The number of hydrogen-bond donors (Lipinski definition) is 0. The van der Waals surface area contributed by atoms with E-state index < -0.39 is 0 Å². The Kier molecular flexibility index (Phi) is 7.00. The minimum atomic E-state index is -0.300. The van der Waals surface area contributed by atoms with E-state index in [1.807, 2.05) is 42.5 Å². The van der Waals surface area contributed by atoms with Gasteiger partial charge in [0.2, 0.25) is 0 Å². The SMILES string of the molecule is CC1C=CC(n2c3ccccc3c3ccc4c(c5ccccc5n4-c4cccc(-c5cc(-c6cccc(F)c6)nc(-c6ccccc6)n5)c4)c32)=CC1. The molecule has 0 saturated heterocycles. The lowest BCUT2D eigenvalue weighted by atomic mass is 10.0. The number of allylic oxidation sites excluding steroid dienone is 4. The zero-order valence-corrected chi connectivity index (χ0v) is 28.5. The van der Waals surface area contributed by atoms with Gasteiger partial charge in [-0.1, -0.05) is 116 Å². The van der Waals surface area contributed by atoms with Gasteiger partial charge in [0.25, 0.3) is 0 Å². The number of hydrogen-bond acceptors (Lipinski definition) is 2. The predicted octanol–water partition coefficient (Wildman–Crippen LogP) is 12.3. The second kappa shape index (κ2) is 12.0. The van der Waals surface area contributed by atoms with E-state index >= 15 is 0 Å². The van der Waals surface area contributed by atoms with Crippen LogP contribution in [0.3, 0.4) is 0 Å². The molecule has 1 aliphatic carbocycles. The summed E-state index contributed by atoms with van der Waals surface area (Å²) in [5.74, 6) is 0.816. The highest BCUT2D eigenvalue weighted by Gasteiger charge is 2.22. The molecule has 1 atom stereocenters. The van der Waals surface area contributed by atoms with Crippen LogP contribution in [0.25, 0.3) is 88.9 Å². The Hall–Kier alpha value is -6.59. The molecule has 0 bridgehead atoms. The molecule has 0 amide bonds. The first-order valence-electron chi connectivity index (χ1n) is 17.8. The third kappa shape index (κ3) is 4.89.